The zero-order valence-corrected chi connectivity index (χ0v) is 10.8. The van der Waals surface area contributed by atoms with Crippen LogP contribution in [0.1, 0.15) is 27.7 Å². The van der Waals surface area contributed by atoms with Gasteiger partial charge in [-0.15, -0.1) is 0 Å². The van der Waals surface area contributed by atoms with Crippen molar-refractivity contribution in [2.24, 2.45) is 10.8 Å². The smallest absolute Gasteiger partial charge is 0.105 e. The highest BCUT2D eigenvalue weighted by Gasteiger charge is 2.51. The van der Waals surface area contributed by atoms with Crippen LogP contribution in [0.2, 0.25) is 0 Å². The fourth-order valence-corrected chi connectivity index (χ4v) is 2.57. The van der Waals surface area contributed by atoms with Crippen LogP contribution in [-0.2, 0) is 0 Å². The first-order valence-corrected chi connectivity index (χ1v) is 5.71. The number of thiocarbonyl (C=S) groups is 2. The van der Waals surface area contributed by atoms with Gasteiger partial charge in [0.05, 0.1) is 13.1 Å². The van der Waals surface area contributed by atoms with Crippen molar-refractivity contribution in [1.29, 1.82) is 0 Å². The lowest BCUT2D eigenvalue weighted by Crippen LogP contribution is -2.33. The molecule has 0 bridgehead atoms. The molecule has 2 nitrogen and oxygen atoms in total. The van der Waals surface area contributed by atoms with Crippen LogP contribution < -0.4 is 0 Å². The Bertz CT molecular complexity index is 288. The average molecular weight is 228 g/mol. The van der Waals surface area contributed by atoms with E-state index < -0.39 is 0 Å². The van der Waals surface area contributed by atoms with Crippen LogP contribution in [0.25, 0.3) is 0 Å². The Balaban J connectivity index is 2.34. The minimum Gasteiger partial charge on any atom is -0.277 e. The van der Waals surface area contributed by atoms with Gasteiger partial charge in [-0.25, -0.2) is 0 Å². The summed E-state index contributed by atoms with van der Waals surface area (Å²) >= 11 is 10.9. The van der Waals surface area contributed by atoms with Gasteiger partial charge < -0.3 is 0 Å². The summed E-state index contributed by atoms with van der Waals surface area (Å²) in [4.78, 5) is 2.07. The van der Waals surface area contributed by atoms with Crippen LogP contribution in [0.3, 0.4) is 0 Å². The lowest BCUT2D eigenvalue weighted by molar-refractivity contribution is 0.196. The summed E-state index contributed by atoms with van der Waals surface area (Å²) in [6.07, 6.45) is 0. The second kappa shape index (κ2) is 2.67. The maximum Gasteiger partial charge on any atom is 0.105 e. The predicted octanol–water partition coefficient (Wildman–Crippen LogP) is 2.24. The van der Waals surface area contributed by atoms with Gasteiger partial charge in [0.15, 0.2) is 0 Å². The molecule has 2 aliphatic heterocycles. The van der Waals surface area contributed by atoms with E-state index in [1.54, 1.807) is 0 Å². The molecule has 78 valence electrons. The van der Waals surface area contributed by atoms with E-state index in [-0.39, 0.29) is 10.8 Å². The third-order valence-corrected chi connectivity index (χ3v) is 4.53. The summed E-state index contributed by atoms with van der Waals surface area (Å²) in [5, 5.41) is 4.36. The van der Waals surface area contributed by atoms with Crippen molar-refractivity contribution in [2.75, 3.05) is 13.1 Å². The summed E-state index contributed by atoms with van der Waals surface area (Å²) in [5.74, 6) is 0. The van der Waals surface area contributed by atoms with Gasteiger partial charge in [0, 0.05) is 10.8 Å². The van der Waals surface area contributed by atoms with Crippen LogP contribution in [0.4, 0.5) is 0 Å². The molecule has 0 spiro atoms. The van der Waals surface area contributed by atoms with Gasteiger partial charge in [0.1, 0.15) is 9.98 Å². The molecule has 2 saturated heterocycles. The van der Waals surface area contributed by atoms with E-state index in [1.807, 2.05) is 0 Å². The van der Waals surface area contributed by atoms with Crippen molar-refractivity contribution >= 4 is 34.4 Å². The van der Waals surface area contributed by atoms with Crippen LogP contribution in [-0.4, -0.2) is 33.1 Å². The molecule has 0 saturated carbocycles. The van der Waals surface area contributed by atoms with Crippen LogP contribution in [0.5, 0.6) is 0 Å². The Morgan fingerprint density at radius 1 is 0.857 bits per heavy atom. The van der Waals surface area contributed by atoms with Gasteiger partial charge >= 0.3 is 0 Å². The third-order valence-electron chi connectivity index (χ3n) is 3.01. The SMILES string of the molecule is CC1(C)CN2C(=S)C(C)(C)CN2C1=S. The summed E-state index contributed by atoms with van der Waals surface area (Å²) < 4.78 is 0. The molecule has 2 rings (SSSR count). The molecular formula is C10H16N2S2. The molecule has 14 heavy (non-hydrogen) atoms. The lowest BCUT2D eigenvalue weighted by atomic mass is 9.90. The molecule has 0 aromatic rings. The molecule has 0 atom stereocenters. The van der Waals surface area contributed by atoms with Gasteiger partial charge in [0.25, 0.3) is 0 Å². The molecule has 0 amide bonds. The van der Waals surface area contributed by atoms with E-state index >= 15 is 0 Å². The number of hydrazine groups is 1. The Hall–Kier alpha value is -0.220. The largest absolute Gasteiger partial charge is 0.277 e. The molecule has 0 unspecified atom stereocenters. The van der Waals surface area contributed by atoms with Crippen molar-refractivity contribution in [2.45, 2.75) is 27.7 Å². The zero-order valence-electron chi connectivity index (χ0n) is 9.13. The second-order valence-electron chi connectivity index (χ2n) is 5.49. The molecule has 2 fully saturated rings. The topological polar surface area (TPSA) is 6.48 Å². The van der Waals surface area contributed by atoms with E-state index in [0.717, 1.165) is 23.1 Å². The summed E-state index contributed by atoms with van der Waals surface area (Å²) in [6, 6.07) is 0. The quantitative estimate of drug-likeness (QED) is 0.586. The molecule has 0 radical (unpaired) electrons. The fourth-order valence-electron chi connectivity index (χ4n) is 2.12. The second-order valence-corrected chi connectivity index (χ2v) is 6.27. The highest BCUT2D eigenvalue weighted by molar-refractivity contribution is 7.81. The Kier molecular flexibility index (Phi) is 1.96. The molecule has 2 heterocycles. The molecule has 4 heteroatoms. The summed E-state index contributed by atoms with van der Waals surface area (Å²) in [6.45, 7) is 10.6. The maximum atomic E-state index is 5.47. The lowest BCUT2D eigenvalue weighted by Gasteiger charge is -2.22. The molecule has 2 aliphatic rings. The van der Waals surface area contributed by atoms with E-state index in [4.69, 9.17) is 24.4 Å². The van der Waals surface area contributed by atoms with Gasteiger partial charge in [-0.05, 0) is 0 Å². The minimum atomic E-state index is 0.0931. The number of nitrogens with zero attached hydrogens (tertiary/aromatic N) is 2. The molecule has 0 aromatic heterocycles. The van der Waals surface area contributed by atoms with Gasteiger partial charge in [-0.2, -0.15) is 0 Å². The standard InChI is InChI=1S/C10H16N2S2/c1-9(2)5-11-8(14)10(3,4)6-12(11)7(9)13/h5-6H2,1-4H3. The van der Waals surface area contributed by atoms with Crippen molar-refractivity contribution in [3.05, 3.63) is 0 Å². The van der Waals surface area contributed by atoms with Crippen LogP contribution >= 0.6 is 24.4 Å². The van der Waals surface area contributed by atoms with Crippen molar-refractivity contribution < 1.29 is 0 Å². The Morgan fingerprint density at radius 3 is 1.43 bits per heavy atom. The monoisotopic (exact) mass is 228 g/mol. The summed E-state index contributed by atoms with van der Waals surface area (Å²) in [7, 11) is 0. The third kappa shape index (κ3) is 1.20. The molecule has 0 N–H and O–H groups in total. The summed E-state index contributed by atoms with van der Waals surface area (Å²) in [5.41, 5.74) is 0.186. The number of fused-ring (bicyclic) bond motifs is 1. The maximum absolute atomic E-state index is 5.47. The van der Waals surface area contributed by atoms with Gasteiger partial charge in [-0.1, -0.05) is 52.1 Å². The highest BCUT2D eigenvalue weighted by Crippen LogP contribution is 2.41. The van der Waals surface area contributed by atoms with Crippen molar-refractivity contribution in [3.8, 4) is 0 Å². The van der Waals surface area contributed by atoms with E-state index in [2.05, 4.69) is 37.7 Å². The Labute approximate surface area is 96.2 Å². The highest BCUT2D eigenvalue weighted by atomic mass is 32.1. The molecule has 0 aromatic carbocycles. The van der Waals surface area contributed by atoms with Crippen LogP contribution in [0.15, 0.2) is 0 Å². The van der Waals surface area contributed by atoms with Gasteiger partial charge in [0.2, 0.25) is 0 Å². The first-order chi connectivity index (χ1) is 6.26. The number of rotatable bonds is 0. The van der Waals surface area contributed by atoms with Crippen LogP contribution in [0, 0.1) is 10.8 Å². The van der Waals surface area contributed by atoms with Crippen molar-refractivity contribution in [1.82, 2.24) is 10.0 Å². The normalized spacial score (nSPS) is 28.6. The number of hydrogen-bond donors (Lipinski definition) is 0. The van der Waals surface area contributed by atoms with E-state index in [0.29, 0.717) is 0 Å². The first-order valence-electron chi connectivity index (χ1n) is 4.90. The average Bonchev–Trinajstić information content (AvgIpc) is 2.37. The van der Waals surface area contributed by atoms with Gasteiger partial charge in [-0.3, -0.25) is 10.0 Å². The first kappa shape index (κ1) is 10.3. The predicted molar refractivity (Wildman–Crippen MR) is 66.2 cm³/mol. The van der Waals surface area contributed by atoms with E-state index in [9.17, 15) is 0 Å². The zero-order chi connectivity index (χ0) is 10.7. The minimum absolute atomic E-state index is 0.0931. The molecule has 0 aliphatic carbocycles. The Morgan fingerprint density at radius 2 is 1.14 bits per heavy atom. The van der Waals surface area contributed by atoms with Crippen molar-refractivity contribution in [3.63, 3.8) is 0 Å². The van der Waals surface area contributed by atoms with E-state index in [1.165, 1.54) is 0 Å². The number of hydrogen-bond acceptors (Lipinski definition) is 2. The molecular weight excluding hydrogens is 212 g/mol. The fraction of sp³-hybridized carbons (Fsp3) is 0.800.